The van der Waals surface area contributed by atoms with Crippen molar-refractivity contribution in [2.24, 2.45) is 0 Å². The van der Waals surface area contributed by atoms with Gasteiger partial charge in [-0.1, -0.05) is 0 Å². The van der Waals surface area contributed by atoms with Crippen LogP contribution in [-0.2, 0) is 4.74 Å². The molecule has 176 valence electrons. The first-order chi connectivity index (χ1) is 16.4. The Bertz CT molecular complexity index is 1430. The zero-order chi connectivity index (χ0) is 23.6. The third kappa shape index (κ3) is 3.21. The quantitative estimate of drug-likeness (QED) is 0.408. The Kier molecular flexibility index (Phi) is 4.58. The topological polar surface area (TPSA) is 119 Å². The molecule has 34 heavy (non-hydrogen) atoms. The Hall–Kier alpha value is -3.64. The summed E-state index contributed by atoms with van der Waals surface area (Å²) in [5.74, 6) is -2.65. The summed E-state index contributed by atoms with van der Waals surface area (Å²) in [6.45, 7) is 0.370. The van der Waals surface area contributed by atoms with Crippen molar-refractivity contribution in [1.82, 2.24) is 29.5 Å². The molecule has 10 nitrogen and oxygen atoms in total. The van der Waals surface area contributed by atoms with E-state index in [0.717, 1.165) is 0 Å². The van der Waals surface area contributed by atoms with Gasteiger partial charge in [0.05, 0.1) is 37.3 Å². The number of amides is 1. The first-order valence-corrected chi connectivity index (χ1v) is 10.8. The molecule has 3 N–H and O–H groups in total. The third-order valence-corrected chi connectivity index (χ3v) is 6.33. The summed E-state index contributed by atoms with van der Waals surface area (Å²) in [6, 6.07) is 3.82. The molecule has 0 radical (unpaired) electrons. The van der Waals surface area contributed by atoms with Gasteiger partial charge in [0.2, 0.25) is 0 Å². The first kappa shape index (κ1) is 20.9. The largest absolute Gasteiger partial charge is 0.388 e. The number of nitrogens with zero attached hydrogens (tertiary/aromatic N) is 5. The van der Waals surface area contributed by atoms with Gasteiger partial charge in [0.15, 0.2) is 5.65 Å². The van der Waals surface area contributed by atoms with E-state index in [-0.39, 0.29) is 30.8 Å². The second-order valence-electron chi connectivity index (χ2n) is 8.56. The van der Waals surface area contributed by atoms with Crippen molar-refractivity contribution in [3.05, 3.63) is 42.4 Å². The maximum absolute atomic E-state index is 13.9. The van der Waals surface area contributed by atoms with Crippen LogP contribution < -0.4 is 10.6 Å². The summed E-state index contributed by atoms with van der Waals surface area (Å²) in [6.07, 6.45) is 3.59. The van der Waals surface area contributed by atoms with Crippen LogP contribution in [0.5, 0.6) is 0 Å². The molecule has 0 spiro atoms. The van der Waals surface area contributed by atoms with E-state index in [1.807, 2.05) is 6.07 Å². The number of carbonyl (C=O) groups excluding carboxylic acids is 1. The summed E-state index contributed by atoms with van der Waals surface area (Å²) >= 11 is 0. The number of fused-ring (bicyclic) bond motifs is 2. The second-order valence-corrected chi connectivity index (χ2v) is 8.56. The lowest BCUT2D eigenvalue weighted by atomic mass is 10.1. The van der Waals surface area contributed by atoms with E-state index in [4.69, 9.17) is 4.74 Å². The number of aliphatic hydroxyl groups is 1. The number of ether oxygens (including phenoxy) is 1. The molecule has 0 unspecified atom stereocenters. The fourth-order valence-corrected chi connectivity index (χ4v) is 4.39. The molecule has 6 rings (SSSR count). The van der Waals surface area contributed by atoms with Gasteiger partial charge < -0.3 is 25.0 Å². The molecule has 1 aliphatic heterocycles. The van der Waals surface area contributed by atoms with Crippen LogP contribution in [0.1, 0.15) is 22.8 Å². The number of carbonyl (C=O) groups is 1. The lowest BCUT2D eigenvalue weighted by Gasteiger charge is -2.14. The zero-order valence-electron chi connectivity index (χ0n) is 18.1. The molecule has 2 fully saturated rings. The SMILES string of the molecule is CNc1cc(-c2cn([C@H]3CC3(F)F)c3ncccc23)nc2c(C(=O)N[C@H]3COC[C@H]3O)cnn12. The summed E-state index contributed by atoms with van der Waals surface area (Å²) in [7, 11) is 1.71. The van der Waals surface area contributed by atoms with Crippen molar-refractivity contribution >= 4 is 28.4 Å². The average Bonchev–Trinajstić information content (AvgIpc) is 3.22. The number of anilines is 1. The maximum atomic E-state index is 13.9. The van der Waals surface area contributed by atoms with Crippen molar-refractivity contribution in [2.75, 3.05) is 25.6 Å². The van der Waals surface area contributed by atoms with Crippen LogP contribution in [0.2, 0.25) is 0 Å². The normalized spacial score (nSPS) is 23.5. The number of hydrogen-bond acceptors (Lipinski definition) is 7. The Morgan fingerprint density at radius 2 is 2.15 bits per heavy atom. The summed E-state index contributed by atoms with van der Waals surface area (Å²) in [4.78, 5) is 22.0. The van der Waals surface area contributed by atoms with Crippen LogP contribution in [0.25, 0.3) is 27.9 Å². The highest BCUT2D eigenvalue weighted by molar-refractivity contribution is 6.01. The minimum atomic E-state index is -2.76. The molecule has 0 aromatic carbocycles. The number of aliphatic hydroxyl groups excluding tert-OH is 1. The van der Waals surface area contributed by atoms with Crippen molar-refractivity contribution < 1.29 is 23.4 Å². The van der Waals surface area contributed by atoms with Gasteiger partial charge in [-0.05, 0) is 12.1 Å². The second kappa shape index (κ2) is 7.43. The van der Waals surface area contributed by atoms with Gasteiger partial charge in [-0.3, -0.25) is 4.79 Å². The number of nitrogens with one attached hydrogen (secondary N) is 2. The van der Waals surface area contributed by atoms with Gasteiger partial charge in [0.1, 0.15) is 23.1 Å². The first-order valence-electron chi connectivity index (χ1n) is 10.8. The molecule has 3 atom stereocenters. The van der Waals surface area contributed by atoms with Gasteiger partial charge in [0.25, 0.3) is 11.8 Å². The number of aromatic nitrogens is 5. The highest BCUT2D eigenvalue weighted by Crippen LogP contribution is 2.54. The molecule has 0 bridgehead atoms. The van der Waals surface area contributed by atoms with E-state index in [0.29, 0.717) is 28.1 Å². The molecule has 1 saturated carbocycles. The molecular weight excluding hydrogens is 448 g/mol. The molecule has 4 aromatic rings. The number of rotatable bonds is 5. The summed E-state index contributed by atoms with van der Waals surface area (Å²) in [5.41, 5.74) is 2.06. The van der Waals surface area contributed by atoms with Gasteiger partial charge in [0, 0.05) is 42.9 Å². The van der Waals surface area contributed by atoms with Gasteiger partial charge >= 0.3 is 0 Å². The predicted molar refractivity (Wildman–Crippen MR) is 118 cm³/mol. The standard InChI is InChI=1S/C22H21F2N7O3/c1-25-18-5-14(13-8-30(17-6-22(17,23)24)19-11(13)3-2-4-26-19)28-20-12(7-27-31(18)20)21(33)29-15-9-34-10-16(15)32/h2-5,7-8,15-17,25,32H,6,9-10H2,1H3,(H,29,33)/t15-,16+,17-/m0/s1. The molecule has 2 aliphatic rings. The molecule has 12 heteroatoms. The Balaban J connectivity index is 1.47. The van der Waals surface area contributed by atoms with Crippen molar-refractivity contribution in [3.8, 4) is 11.3 Å². The van der Waals surface area contributed by atoms with E-state index >= 15 is 0 Å². The molecule has 1 amide bonds. The Morgan fingerprint density at radius 3 is 2.85 bits per heavy atom. The Morgan fingerprint density at radius 1 is 1.32 bits per heavy atom. The fourth-order valence-electron chi connectivity index (χ4n) is 4.39. The van der Waals surface area contributed by atoms with Crippen molar-refractivity contribution in [2.45, 2.75) is 30.5 Å². The van der Waals surface area contributed by atoms with E-state index < -0.39 is 30.0 Å². The van der Waals surface area contributed by atoms with Crippen LogP contribution in [0.15, 0.2) is 36.8 Å². The van der Waals surface area contributed by atoms with E-state index in [9.17, 15) is 18.7 Å². The summed E-state index contributed by atoms with van der Waals surface area (Å²) in [5, 5.41) is 20.7. The zero-order valence-corrected chi connectivity index (χ0v) is 18.1. The number of hydrogen-bond donors (Lipinski definition) is 3. The highest BCUT2D eigenvalue weighted by atomic mass is 19.3. The fraction of sp³-hybridized carbons (Fsp3) is 0.364. The molecular formula is C22H21F2N7O3. The lowest BCUT2D eigenvalue weighted by Crippen LogP contribution is -2.42. The van der Waals surface area contributed by atoms with E-state index in [1.165, 1.54) is 15.3 Å². The van der Waals surface area contributed by atoms with Crippen LogP contribution in [0.3, 0.4) is 0 Å². The van der Waals surface area contributed by atoms with Gasteiger partial charge in [-0.25, -0.2) is 18.7 Å². The number of pyridine rings is 1. The minimum absolute atomic E-state index is 0.157. The summed E-state index contributed by atoms with van der Waals surface area (Å²) < 4.78 is 36.0. The smallest absolute Gasteiger partial charge is 0.270 e. The van der Waals surface area contributed by atoms with E-state index in [1.54, 1.807) is 31.6 Å². The molecule has 4 aromatic heterocycles. The number of halogens is 2. The molecule has 5 heterocycles. The van der Waals surface area contributed by atoms with Crippen molar-refractivity contribution in [3.63, 3.8) is 0 Å². The average molecular weight is 469 g/mol. The van der Waals surface area contributed by atoms with Crippen LogP contribution >= 0.6 is 0 Å². The maximum Gasteiger partial charge on any atom is 0.270 e. The van der Waals surface area contributed by atoms with Gasteiger partial charge in [-0.15, -0.1) is 0 Å². The third-order valence-electron chi connectivity index (χ3n) is 6.33. The minimum Gasteiger partial charge on any atom is -0.388 e. The van der Waals surface area contributed by atoms with Crippen LogP contribution in [0.4, 0.5) is 14.6 Å². The molecule has 1 saturated heterocycles. The lowest BCUT2D eigenvalue weighted by molar-refractivity contribution is 0.0887. The van der Waals surface area contributed by atoms with Crippen LogP contribution in [0, 0.1) is 0 Å². The van der Waals surface area contributed by atoms with E-state index in [2.05, 4.69) is 25.7 Å². The predicted octanol–water partition coefficient (Wildman–Crippen LogP) is 1.86. The number of alkyl halides is 2. The monoisotopic (exact) mass is 469 g/mol. The highest BCUT2D eigenvalue weighted by Gasteiger charge is 2.58. The van der Waals surface area contributed by atoms with Gasteiger partial charge in [-0.2, -0.15) is 9.61 Å². The van der Waals surface area contributed by atoms with Crippen molar-refractivity contribution in [1.29, 1.82) is 0 Å². The Labute approximate surface area is 191 Å². The van der Waals surface area contributed by atoms with Crippen LogP contribution in [-0.4, -0.2) is 73.5 Å². The molecule has 1 aliphatic carbocycles.